The van der Waals surface area contributed by atoms with E-state index in [1.54, 1.807) is 12.1 Å². The first kappa shape index (κ1) is 17.6. The third-order valence-corrected chi connectivity index (χ3v) is 4.67. The third kappa shape index (κ3) is 4.24. The van der Waals surface area contributed by atoms with Crippen LogP contribution in [0.15, 0.2) is 65.1 Å². The maximum Gasteiger partial charge on any atom is 0.279 e. The molecule has 5 heteroatoms. The molecule has 25 heavy (non-hydrogen) atoms. The zero-order valence-corrected chi connectivity index (χ0v) is 15.4. The van der Waals surface area contributed by atoms with Crippen molar-refractivity contribution in [3.8, 4) is 0 Å². The standard InChI is InChI=1S/C20H18BrFN2O/c1-13(16-8-4-6-14-5-2-3-7-17(14)16)23-12-20(25)24-19-10-9-15(21)11-18(19)22/h2-11,13,23H,12H2,1H3,(H,24,25)/p+1/t13-/m0/s1. The van der Waals surface area contributed by atoms with E-state index in [4.69, 9.17) is 0 Å². The van der Waals surface area contributed by atoms with Gasteiger partial charge in [-0.25, -0.2) is 4.39 Å². The number of quaternary nitrogens is 1. The van der Waals surface area contributed by atoms with E-state index in [0.29, 0.717) is 4.47 Å². The number of halogens is 2. The van der Waals surface area contributed by atoms with Crippen LogP contribution in [0.5, 0.6) is 0 Å². The Morgan fingerprint density at radius 1 is 1.16 bits per heavy atom. The van der Waals surface area contributed by atoms with E-state index in [-0.39, 0.29) is 24.2 Å². The van der Waals surface area contributed by atoms with Gasteiger partial charge in [0.1, 0.15) is 11.9 Å². The summed E-state index contributed by atoms with van der Waals surface area (Å²) >= 11 is 3.20. The van der Waals surface area contributed by atoms with Crippen LogP contribution < -0.4 is 10.6 Å². The lowest BCUT2D eigenvalue weighted by molar-refractivity contribution is -0.682. The van der Waals surface area contributed by atoms with Crippen molar-refractivity contribution in [3.05, 3.63) is 76.5 Å². The van der Waals surface area contributed by atoms with Crippen molar-refractivity contribution in [1.82, 2.24) is 0 Å². The highest BCUT2D eigenvalue weighted by atomic mass is 79.9. The maximum atomic E-state index is 13.8. The Morgan fingerprint density at radius 2 is 1.92 bits per heavy atom. The minimum atomic E-state index is -0.454. The van der Waals surface area contributed by atoms with Gasteiger partial charge in [-0.05, 0) is 35.9 Å². The molecule has 0 aliphatic rings. The summed E-state index contributed by atoms with van der Waals surface area (Å²) in [7, 11) is 0. The molecule has 3 nitrogen and oxygen atoms in total. The molecule has 3 rings (SSSR count). The Kier molecular flexibility index (Phi) is 5.46. The van der Waals surface area contributed by atoms with Crippen molar-refractivity contribution in [2.24, 2.45) is 0 Å². The Hall–Kier alpha value is -2.24. The van der Waals surface area contributed by atoms with Crippen molar-refractivity contribution in [1.29, 1.82) is 0 Å². The highest BCUT2D eigenvalue weighted by Gasteiger charge is 2.15. The van der Waals surface area contributed by atoms with Gasteiger partial charge in [0, 0.05) is 10.0 Å². The second kappa shape index (κ2) is 7.76. The van der Waals surface area contributed by atoms with Crippen LogP contribution in [0.3, 0.4) is 0 Å². The summed E-state index contributed by atoms with van der Waals surface area (Å²) in [6.07, 6.45) is 0. The van der Waals surface area contributed by atoms with E-state index in [0.717, 1.165) is 0 Å². The number of benzene rings is 3. The largest absolute Gasteiger partial charge is 0.332 e. The molecular weight excluding hydrogens is 383 g/mol. The molecule has 0 saturated heterocycles. The lowest BCUT2D eigenvalue weighted by Crippen LogP contribution is -2.86. The highest BCUT2D eigenvalue weighted by Crippen LogP contribution is 2.22. The van der Waals surface area contributed by atoms with Gasteiger partial charge in [0.25, 0.3) is 5.91 Å². The van der Waals surface area contributed by atoms with Crippen molar-refractivity contribution < 1.29 is 14.5 Å². The van der Waals surface area contributed by atoms with E-state index in [1.165, 1.54) is 22.4 Å². The van der Waals surface area contributed by atoms with Gasteiger partial charge in [-0.1, -0.05) is 58.4 Å². The fraction of sp³-hybridized carbons (Fsp3) is 0.150. The first-order valence-electron chi connectivity index (χ1n) is 8.10. The predicted molar refractivity (Wildman–Crippen MR) is 102 cm³/mol. The molecule has 1 atom stereocenters. The number of nitrogens with one attached hydrogen (secondary N) is 1. The van der Waals surface area contributed by atoms with E-state index >= 15 is 0 Å². The summed E-state index contributed by atoms with van der Waals surface area (Å²) in [5.41, 5.74) is 1.38. The molecule has 0 aliphatic heterocycles. The molecule has 0 saturated carbocycles. The molecule has 0 fully saturated rings. The maximum absolute atomic E-state index is 13.8. The van der Waals surface area contributed by atoms with Gasteiger partial charge in [-0.3, -0.25) is 4.79 Å². The van der Waals surface area contributed by atoms with Gasteiger partial charge in [0.2, 0.25) is 0 Å². The zero-order valence-electron chi connectivity index (χ0n) is 13.8. The van der Waals surface area contributed by atoms with Crippen molar-refractivity contribution in [3.63, 3.8) is 0 Å². The van der Waals surface area contributed by atoms with Crippen molar-refractivity contribution in [2.45, 2.75) is 13.0 Å². The van der Waals surface area contributed by atoms with Crippen LogP contribution in [0.2, 0.25) is 0 Å². The van der Waals surface area contributed by atoms with Gasteiger partial charge >= 0.3 is 0 Å². The smallest absolute Gasteiger partial charge is 0.279 e. The molecule has 0 unspecified atom stereocenters. The van der Waals surface area contributed by atoms with E-state index in [1.807, 2.05) is 23.5 Å². The fourth-order valence-electron chi connectivity index (χ4n) is 2.85. The van der Waals surface area contributed by atoms with Crippen LogP contribution in [0.25, 0.3) is 10.8 Å². The number of hydrogen-bond donors (Lipinski definition) is 2. The molecule has 128 valence electrons. The lowest BCUT2D eigenvalue weighted by atomic mass is 10.00. The van der Waals surface area contributed by atoms with Crippen molar-refractivity contribution >= 4 is 38.3 Å². The average Bonchev–Trinajstić information content (AvgIpc) is 2.61. The molecule has 0 radical (unpaired) electrons. The number of anilines is 1. The monoisotopic (exact) mass is 401 g/mol. The van der Waals surface area contributed by atoms with Gasteiger partial charge in [-0.15, -0.1) is 0 Å². The molecule has 0 bridgehead atoms. The molecule has 1 amide bonds. The number of nitrogens with two attached hydrogens (primary N) is 1. The minimum absolute atomic E-state index is 0.117. The van der Waals surface area contributed by atoms with Gasteiger partial charge in [-0.2, -0.15) is 0 Å². The first-order chi connectivity index (χ1) is 12.0. The van der Waals surface area contributed by atoms with E-state index < -0.39 is 5.82 Å². The predicted octanol–water partition coefficient (Wildman–Crippen LogP) is 4.00. The second-order valence-electron chi connectivity index (χ2n) is 5.97. The van der Waals surface area contributed by atoms with Crippen LogP contribution in [0.1, 0.15) is 18.5 Å². The van der Waals surface area contributed by atoms with Crippen LogP contribution >= 0.6 is 15.9 Å². The number of carbonyl (C=O) groups excluding carboxylic acids is 1. The quantitative estimate of drug-likeness (QED) is 0.666. The van der Waals surface area contributed by atoms with Crippen molar-refractivity contribution in [2.75, 3.05) is 11.9 Å². The first-order valence-corrected chi connectivity index (χ1v) is 8.90. The van der Waals surface area contributed by atoms with E-state index in [2.05, 4.69) is 52.4 Å². The number of carbonyl (C=O) groups is 1. The van der Waals surface area contributed by atoms with Crippen LogP contribution in [0, 0.1) is 5.82 Å². The summed E-state index contributed by atoms with van der Waals surface area (Å²) in [5, 5.41) is 6.94. The molecule has 3 aromatic carbocycles. The van der Waals surface area contributed by atoms with Crippen LogP contribution in [-0.2, 0) is 4.79 Å². The second-order valence-corrected chi connectivity index (χ2v) is 6.88. The molecule has 0 heterocycles. The summed E-state index contributed by atoms with van der Waals surface area (Å²) in [5.74, 6) is -0.682. The summed E-state index contributed by atoms with van der Waals surface area (Å²) in [6, 6.07) is 19.1. The van der Waals surface area contributed by atoms with Gasteiger partial charge in [0.05, 0.1) is 5.69 Å². The van der Waals surface area contributed by atoms with Gasteiger partial charge < -0.3 is 10.6 Å². The number of hydrogen-bond acceptors (Lipinski definition) is 1. The molecule has 3 N–H and O–H groups in total. The molecule has 0 spiro atoms. The molecule has 3 aromatic rings. The normalized spacial score (nSPS) is 12.1. The Morgan fingerprint density at radius 3 is 2.72 bits per heavy atom. The Bertz CT molecular complexity index is 908. The third-order valence-electron chi connectivity index (χ3n) is 4.18. The summed E-state index contributed by atoms with van der Waals surface area (Å²) < 4.78 is 14.4. The highest BCUT2D eigenvalue weighted by molar-refractivity contribution is 9.10. The average molecular weight is 402 g/mol. The minimum Gasteiger partial charge on any atom is -0.332 e. The number of amides is 1. The molecule has 0 aromatic heterocycles. The van der Waals surface area contributed by atoms with Crippen LogP contribution in [0.4, 0.5) is 10.1 Å². The number of rotatable bonds is 5. The Labute approximate surface area is 154 Å². The Balaban J connectivity index is 1.65. The zero-order chi connectivity index (χ0) is 17.8. The topological polar surface area (TPSA) is 45.7 Å². The summed E-state index contributed by atoms with van der Waals surface area (Å²) in [4.78, 5) is 12.1. The van der Waals surface area contributed by atoms with E-state index in [9.17, 15) is 9.18 Å². The summed E-state index contributed by atoms with van der Waals surface area (Å²) in [6.45, 7) is 2.29. The van der Waals surface area contributed by atoms with Crippen LogP contribution in [-0.4, -0.2) is 12.5 Å². The van der Waals surface area contributed by atoms with Gasteiger partial charge in [0.15, 0.2) is 6.54 Å². The lowest BCUT2D eigenvalue weighted by Gasteiger charge is -2.14. The fourth-order valence-corrected chi connectivity index (χ4v) is 3.18. The molecular formula is C20H19BrFN2O+. The SMILES string of the molecule is C[C@H]([NH2+]CC(=O)Nc1ccc(Br)cc1F)c1cccc2ccccc12. The molecule has 0 aliphatic carbocycles. The number of fused-ring (bicyclic) bond motifs is 1.